The third kappa shape index (κ3) is 12.0. The number of thiazole rings is 1. The van der Waals surface area contributed by atoms with Crippen LogP contribution in [0.1, 0.15) is 117 Å². The Hall–Kier alpha value is -2.04. The third-order valence-corrected chi connectivity index (χ3v) is 10.2. The van der Waals surface area contributed by atoms with Crippen LogP contribution in [-0.2, 0) is 20.8 Å². The maximum Gasteiger partial charge on any atom is 0.224 e. The minimum Gasteiger partial charge on any atom is -0.390 e. The van der Waals surface area contributed by atoms with Gasteiger partial charge in [0.25, 0.3) is 0 Å². The van der Waals surface area contributed by atoms with Gasteiger partial charge in [0.1, 0.15) is 6.10 Å². The average molecular weight is 635 g/mol. The molecule has 1 heterocycles. The molecule has 0 unspecified atom stereocenters. The molecule has 4 atom stereocenters. The molecule has 1 aromatic heterocycles. The second-order valence-corrected chi connectivity index (χ2v) is 15.1. The van der Waals surface area contributed by atoms with Crippen LogP contribution in [0.3, 0.4) is 0 Å². The summed E-state index contributed by atoms with van der Waals surface area (Å²) in [4.78, 5) is 46.8. The molecule has 0 aromatic carbocycles. The molecular weight excluding hydrogens is 576 g/mol. The Morgan fingerprint density at radius 3 is 2.16 bits per heavy atom. The molecule has 0 spiro atoms. The van der Waals surface area contributed by atoms with E-state index in [4.69, 9.17) is 5.73 Å². The van der Waals surface area contributed by atoms with Gasteiger partial charge in [-0.3, -0.25) is 14.4 Å². The number of amides is 2. The molecule has 2 saturated carbocycles. The summed E-state index contributed by atoms with van der Waals surface area (Å²) < 4.78 is 0. The van der Waals surface area contributed by atoms with Crippen LogP contribution in [0.2, 0.25) is 0 Å². The molecule has 0 aliphatic heterocycles. The van der Waals surface area contributed by atoms with Crippen molar-refractivity contribution in [1.82, 2.24) is 15.2 Å². The lowest BCUT2D eigenvalue weighted by Crippen LogP contribution is -2.52. The number of Topliss-reactive ketones (excluding diaryl/α,β-unsaturated/α-hetero) is 1. The second kappa shape index (κ2) is 18.2. The minimum atomic E-state index is -1.11. The first-order chi connectivity index (χ1) is 20.9. The van der Waals surface area contributed by atoms with Gasteiger partial charge >= 0.3 is 0 Å². The molecule has 0 bridgehead atoms. The van der Waals surface area contributed by atoms with Crippen molar-refractivity contribution in [2.45, 2.75) is 136 Å². The van der Waals surface area contributed by atoms with E-state index in [1.807, 2.05) is 33.1 Å². The molecule has 2 fully saturated rings. The van der Waals surface area contributed by atoms with Gasteiger partial charge in [0.2, 0.25) is 11.8 Å². The molecule has 2 aliphatic rings. The van der Waals surface area contributed by atoms with E-state index in [0.29, 0.717) is 42.0 Å². The quantitative estimate of drug-likeness (QED) is 0.186. The molecule has 44 heavy (non-hydrogen) atoms. The van der Waals surface area contributed by atoms with Crippen molar-refractivity contribution in [2.24, 2.45) is 29.6 Å². The molecule has 0 saturated heterocycles. The highest BCUT2D eigenvalue weighted by atomic mass is 32.1. The highest BCUT2D eigenvalue weighted by molar-refractivity contribution is 7.13. The minimum absolute atomic E-state index is 0.0113. The van der Waals surface area contributed by atoms with Crippen LogP contribution in [0.4, 0.5) is 5.13 Å². The number of ketones is 1. The Morgan fingerprint density at radius 2 is 1.61 bits per heavy atom. The van der Waals surface area contributed by atoms with E-state index in [2.05, 4.69) is 10.3 Å². The zero-order valence-corrected chi connectivity index (χ0v) is 28.3. The summed E-state index contributed by atoms with van der Waals surface area (Å²) in [5.74, 6) is -0.570. The lowest BCUT2D eigenvalue weighted by atomic mass is 9.82. The van der Waals surface area contributed by atoms with E-state index in [0.717, 1.165) is 51.4 Å². The SMILES string of the molecule is CC(C)C[C@H](O)[C@H](O)[C@H](CC1CCCCC1)NC(=O)[C@@H](CC(=O)N(CC(=O)C(C)C)CC1CCCCC1)Cc1csc(N)n1. The van der Waals surface area contributed by atoms with Gasteiger partial charge in [-0.05, 0) is 43.4 Å². The topological polar surface area (TPSA) is 146 Å². The number of aromatic nitrogens is 1. The van der Waals surface area contributed by atoms with Crippen LogP contribution < -0.4 is 11.1 Å². The zero-order chi connectivity index (χ0) is 32.2. The number of aliphatic hydroxyl groups excluding tert-OH is 2. The number of hydrogen-bond donors (Lipinski definition) is 4. The number of carbonyl (C=O) groups is 3. The lowest BCUT2D eigenvalue weighted by molar-refractivity contribution is -0.140. The zero-order valence-electron chi connectivity index (χ0n) is 27.5. The number of nitrogens with zero attached hydrogens (tertiary/aromatic N) is 2. The molecule has 5 N–H and O–H groups in total. The van der Waals surface area contributed by atoms with Crippen LogP contribution in [0.5, 0.6) is 0 Å². The summed E-state index contributed by atoms with van der Waals surface area (Å²) in [6.07, 6.45) is 10.2. The predicted molar refractivity (Wildman–Crippen MR) is 176 cm³/mol. The van der Waals surface area contributed by atoms with E-state index < -0.39 is 24.2 Å². The van der Waals surface area contributed by atoms with Crippen molar-refractivity contribution in [3.05, 3.63) is 11.1 Å². The van der Waals surface area contributed by atoms with Crippen molar-refractivity contribution < 1.29 is 24.6 Å². The first-order valence-corrected chi connectivity index (χ1v) is 18.0. The smallest absolute Gasteiger partial charge is 0.224 e. The summed E-state index contributed by atoms with van der Waals surface area (Å²) >= 11 is 1.29. The largest absolute Gasteiger partial charge is 0.390 e. The van der Waals surface area contributed by atoms with Crippen LogP contribution in [0.25, 0.3) is 0 Å². The van der Waals surface area contributed by atoms with Crippen molar-refractivity contribution in [1.29, 1.82) is 0 Å². The van der Waals surface area contributed by atoms with Crippen LogP contribution >= 0.6 is 11.3 Å². The van der Waals surface area contributed by atoms with Gasteiger partial charge in [0.05, 0.1) is 30.3 Å². The maximum absolute atomic E-state index is 14.0. The van der Waals surface area contributed by atoms with Crippen molar-refractivity contribution in [2.75, 3.05) is 18.8 Å². The fraction of sp³-hybridized carbons (Fsp3) is 0.824. The summed E-state index contributed by atoms with van der Waals surface area (Å²) in [5.41, 5.74) is 6.54. The molecule has 2 aliphatic carbocycles. The molecule has 10 heteroatoms. The van der Waals surface area contributed by atoms with Gasteiger partial charge in [-0.1, -0.05) is 79.1 Å². The van der Waals surface area contributed by atoms with Gasteiger partial charge in [0, 0.05) is 30.7 Å². The number of carbonyl (C=O) groups excluding carboxylic acids is 3. The van der Waals surface area contributed by atoms with Gasteiger partial charge in [-0.2, -0.15) is 0 Å². The number of nitrogens with one attached hydrogen (secondary N) is 1. The Morgan fingerprint density at radius 1 is 1.00 bits per heavy atom. The first-order valence-electron chi connectivity index (χ1n) is 17.1. The van der Waals surface area contributed by atoms with Gasteiger partial charge in [-0.15, -0.1) is 11.3 Å². The fourth-order valence-corrected chi connectivity index (χ4v) is 7.41. The highest BCUT2D eigenvalue weighted by Crippen LogP contribution is 2.30. The number of anilines is 1. The van der Waals surface area contributed by atoms with Crippen LogP contribution in [0, 0.1) is 29.6 Å². The van der Waals surface area contributed by atoms with Crippen LogP contribution in [-0.4, -0.2) is 69.0 Å². The Bertz CT molecular complexity index is 1030. The molecule has 2 amide bonds. The third-order valence-electron chi connectivity index (χ3n) is 9.52. The normalized spacial score (nSPS) is 19.5. The summed E-state index contributed by atoms with van der Waals surface area (Å²) in [6.45, 7) is 8.26. The standard InChI is InChI=1S/C34H58N4O5S/c1-22(2)15-29(39)32(42)28(16-24-11-7-5-8-12-24)37-33(43)26(17-27-21-44-34(35)36-27)18-31(41)38(20-30(40)23(3)4)19-25-13-9-6-10-14-25/h21-26,28-29,32,39,42H,5-20H2,1-4H3,(H2,35,36)(H,37,43)/t26-,28+,29+,32-/m1/s1. The predicted octanol–water partition coefficient (Wildman–Crippen LogP) is 5.13. The monoisotopic (exact) mass is 634 g/mol. The van der Waals surface area contributed by atoms with Crippen LogP contribution in [0.15, 0.2) is 5.38 Å². The molecule has 0 radical (unpaired) electrons. The number of aliphatic hydroxyl groups is 2. The number of hydrogen-bond acceptors (Lipinski definition) is 8. The molecule has 1 aromatic rings. The van der Waals surface area contributed by atoms with Gasteiger partial charge in [0.15, 0.2) is 10.9 Å². The molecule has 3 rings (SSSR count). The van der Waals surface area contributed by atoms with Crippen molar-refractivity contribution >= 4 is 34.1 Å². The Balaban J connectivity index is 1.82. The lowest BCUT2D eigenvalue weighted by Gasteiger charge is -2.34. The van der Waals surface area contributed by atoms with E-state index >= 15 is 0 Å². The van der Waals surface area contributed by atoms with E-state index in [1.165, 1.54) is 24.2 Å². The summed E-state index contributed by atoms with van der Waals surface area (Å²) in [5, 5.41) is 27.4. The number of nitrogens with two attached hydrogens (primary N) is 1. The molecular formula is C34H58N4O5S. The fourth-order valence-electron chi connectivity index (χ4n) is 6.83. The first kappa shape index (κ1) is 36.4. The molecule has 9 nitrogen and oxygen atoms in total. The van der Waals surface area contributed by atoms with Gasteiger partial charge in [-0.25, -0.2) is 4.98 Å². The highest BCUT2D eigenvalue weighted by Gasteiger charge is 2.35. The maximum atomic E-state index is 14.0. The average Bonchev–Trinajstić information content (AvgIpc) is 3.40. The molecule has 250 valence electrons. The van der Waals surface area contributed by atoms with Gasteiger partial charge < -0.3 is 26.2 Å². The van der Waals surface area contributed by atoms with E-state index in [-0.39, 0.29) is 48.8 Å². The number of nitrogen functional groups attached to an aromatic ring is 1. The summed E-state index contributed by atoms with van der Waals surface area (Å²) in [6, 6.07) is -0.627. The second-order valence-electron chi connectivity index (χ2n) is 14.2. The number of rotatable bonds is 17. The Labute approximate surface area is 268 Å². The van der Waals surface area contributed by atoms with Crippen molar-refractivity contribution in [3.8, 4) is 0 Å². The summed E-state index contributed by atoms with van der Waals surface area (Å²) in [7, 11) is 0. The van der Waals surface area contributed by atoms with E-state index in [1.54, 1.807) is 4.90 Å². The Kier molecular flexibility index (Phi) is 15.1. The van der Waals surface area contributed by atoms with E-state index in [9.17, 15) is 24.6 Å². The van der Waals surface area contributed by atoms with Crippen molar-refractivity contribution in [3.63, 3.8) is 0 Å².